The van der Waals surface area contributed by atoms with E-state index in [2.05, 4.69) is 97.4 Å². The van der Waals surface area contributed by atoms with Gasteiger partial charge in [-0.15, -0.1) is 0 Å². The highest BCUT2D eigenvalue weighted by Crippen LogP contribution is 2.35. The topological polar surface area (TPSA) is 166 Å². The standard InChI is InChI=1S/C43H69O8P.C2H7NO/c1-3-5-7-9-11-13-15-17-19-21-23-25-27-29-31-33-35-37-42(44)49-39-41(40-50-52(46,47)48)51-43(45)38-36-34-32-30-28-26-24-22-20-18-16-14-12-10-8-6-4-2;3-1-2-4/h11-14,17-20,23-26,29-32,41H,3-10,15-16,21-22,27-28,33-40H2,1-2H3,(H2,46,47,48);4H,1-3H2/b13-11-,14-12-,19-17-,20-18-,25-23-,26-24-,31-29-,32-30-;. The monoisotopic (exact) mass is 806 g/mol. The largest absolute Gasteiger partial charge is 0.469 e. The van der Waals surface area contributed by atoms with Gasteiger partial charge in [-0.05, 0) is 89.9 Å². The van der Waals surface area contributed by atoms with Crippen LogP contribution in [-0.4, -0.2) is 59.3 Å². The van der Waals surface area contributed by atoms with Crippen LogP contribution < -0.4 is 5.73 Å². The molecular weight excluding hydrogens is 729 g/mol. The fourth-order valence-electron chi connectivity index (χ4n) is 4.65. The molecule has 0 amide bonds. The van der Waals surface area contributed by atoms with Crippen molar-refractivity contribution in [3.05, 3.63) is 97.2 Å². The molecule has 0 aliphatic carbocycles. The lowest BCUT2D eigenvalue weighted by Crippen LogP contribution is -2.29. The third-order valence-corrected chi connectivity index (χ3v) is 8.19. The van der Waals surface area contributed by atoms with E-state index in [-0.39, 0.29) is 26.1 Å². The van der Waals surface area contributed by atoms with Crippen LogP contribution in [0, 0.1) is 0 Å². The summed E-state index contributed by atoms with van der Waals surface area (Å²) in [6.07, 6.45) is 51.4. The van der Waals surface area contributed by atoms with Gasteiger partial charge in [-0.2, -0.15) is 0 Å². The van der Waals surface area contributed by atoms with Crippen LogP contribution in [0.5, 0.6) is 0 Å². The van der Waals surface area contributed by atoms with Crippen LogP contribution in [0.3, 0.4) is 0 Å². The van der Waals surface area contributed by atoms with Gasteiger partial charge in [0.05, 0.1) is 13.2 Å². The lowest BCUT2D eigenvalue weighted by molar-refractivity contribution is -0.161. The molecule has 0 aromatic carbocycles. The maximum Gasteiger partial charge on any atom is 0.469 e. The molecule has 0 aromatic rings. The highest BCUT2D eigenvalue weighted by atomic mass is 31.2. The minimum atomic E-state index is -4.79. The van der Waals surface area contributed by atoms with E-state index in [0.29, 0.717) is 32.2 Å². The number of nitrogens with two attached hydrogens (primary N) is 1. The quantitative estimate of drug-likeness (QED) is 0.0210. The number of allylic oxidation sites excluding steroid dienone is 16. The van der Waals surface area contributed by atoms with Gasteiger partial charge in [0.1, 0.15) is 6.61 Å². The minimum Gasteiger partial charge on any atom is -0.462 e. The predicted molar refractivity (Wildman–Crippen MR) is 232 cm³/mol. The van der Waals surface area contributed by atoms with Crippen LogP contribution in [-0.2, 0) is 28.2 Å². The molecule has 0 rings (SSSR count). The number of rotatable bonds is 35. The first kappa shape index (κ1) is 55.0. The average molecular weight is 806 g/mol. The molecule has 10 nitrogen and oxygen atoms in total. The van der Waals surface area contributed by atoms with E-state index >= 15 is 0 Å². The highest BCUT2D eigenvalue weighted by Gasteiger charge is 2.22. The molecule has 320 valence electrons. The second-order valence-corrected chi connectivity index (χ2v) is 14.3. The smallest absolute Gasteiger partial charge is 0.462 e. The molecule has 1 unspecified atom stereocenters. The van der Waals surface area contributed by atoms with Crippen LogP contribution in [0.15, 0.2) is 97.2 Å². The van der Waals surface area contributed by atoms with Crippen molar-refractivity contribution in [2.45, 2.75) is 148 Å². The van der Waals surface area contributed by atoms with Crippen LogP contribution in [0.2, 0.25) is 0 Å². The van der Waals surface area contributed by atoms with Crippen LogP contribution >= 0.6 is 7.82 Å². The highest BCUT2D eigenvalue weighted by molar-refractivity contribution is 7.46. The summed E-state index contributed by atoms with van der Waals surface area (Å²) in [5.74, 6) is -1.03. The van der Waals surface area contributed by atoms with E-state index < -0.39 is 32.5 Å². The van der Waals surface area contributed by atoms with Gasteiger partial charge < -0.3 is 30.1 Å². The van der Waals surface area contributed by atoms with E-state index in [9.17, 15) is 14.2 Å². The summed E-state index contributed by atoms with van der Waals surface area (Å²) in [5.41, 5.74) is 4.78. The first-order valence-electron chi connectivity index (χ1n) is 20.8. The van der Waals surface area contributed by atoms with Crippen molar-refractivity contribution >= 4 is 19.8 Å². The molecule has 5 N–H and O–H groups in total. The zero-order chi connectivity index (χ0) is 41.6. The number of aliphatic hydroxyl groups is 1. The third-order valence-electron chi connectivity index (χ3n) is 7.70. The number of phosphoric acid groups is 1. The van der Waals surface area contributed by atoms with Crippen molar-refractivity contribution in [1.29, 1.82) is 0 Å². The first-order chi connectivity index (χ1) is 27.2. The zero-order valence-corrected chi connectivity index (χ0v) is 35.5. The molecule has 0 heterocycles. The summed E-state index contributed by atoms with van der Waals surface area (Å²) in [7, 11) is -4.79. The predicted octanol–water partition coefficient (Wildman–Crippen LogP) is 10.8. The Morgan fingerprint density at radius 3 is 1.23 bits per heavy atom. The molecule has 0 aromatic heterocycles. The lowest BCUT2D eigenvalue weighted by atomic mass is 10.2. The van der Waals surface area contributed by atoms with Gasteiger partial charge >= 0.3 is 19.8 Å². The number of hydrogen-bond acceptors (Lipinski definition) is 8. The molecule has 0 radical (unpaired) electrons. The fraction of sp³-hybridized carbons (Fsp3) is 0.600. The number of aliphatic hydroxyl groups excluding tert-OH is 1. The van der Waals surface area contributed by atoms with Gasteiger partial charge in [-0.3, -0.25) is 14.1 Å². The normalized spacial score (nSPS) is 13.1. The summed E-state index contributed by atoms with van der Waals surface area (Å²) in [4.78, 5) is 42.7. The second-order valence-electron chi connectivity index (χ2n) is 13.1. The average Bonchev–Trinajstić information content (AvgIpc) is 3.18. The number of phosphoric ester groups is 1. The van der Waals surface area contributed by atoms with Crippen LogP contribution in [0.1, 0.15) is 142 Å². The zero-order valence-electron chi connectivity index (χ0n) is 34.6. The van der Waals surface area contributed by atoms with E-state index in [4.69, 9.17) is 30.1 Å². The number of hydrogen-bond donors (Lipinski definition) is 4. The third kappa shape index (κ3) is 48.9. The van der Waals surface area contributed by atoms with Gasteiger partial charge in [0.2, 0.25) is 0 Å². The molecule has 1 atom stereocenters. The minimum absolute atomic E-state index is 0.0972. The van der Waals surface area contributed by atoms with E-state index in [0.717, 1.165) is 44.9 Å². The van der Waals surface area contributed by atoms with Gasteiger partial charge in [0.15, 0.2) is 6.10 Å². The Hall–Kier alpha value is -3.11. The van der Waals surface area contributed by atoms with Crippen molar-refractivity contribution in [3.63, 3.8) is 0 Å². The molecule has 0 spiro atoms. The van der Waals surface area contributed by atoms with Gasteiger partial charge in [-0.1, -0.05) is 137 Å². The lowest BCUT2D eigenvalue weighted by Gasteiger charge is -2.18. The fourth-order valence-corrected chi connectivity index (χ4v) is 5.01. The Bertz CT molecular complexity index is 1200. The van der Waals surface area contributed by atoms with E-state index in [1.165, 1.54) is 44.9 Å². The second kappa shape index (κ2) is 44.6. The molecule has 0 saturated heterocycles. The van der Waals surface area contributed by atoms with E-state index in [1.54, 1.807) is 0 Å². The molecule has 0 bridgehead atoms. The number of esters is 2. The van der Waals surface area contributed by atoms with Gasteiger partial charge in [-0.25, -0.2) is 4.57 Å². The number of carbonyl (C=O) groups excluding carboxylic acids is 2. The summed E-state index contributed by atoms with van der Waals surface area (Å²) in [6.45, 7) is 3.98. The SMILES string of the molecule is CCCCC/C=C\C/C=C\C/C=C\C/C=C\CCCC(=O)OCC(COP(=O)(O)O)OC(=O)CCC/C=C\C/C=C\C/C=C\C/C=C\CCCCC.NCCO. The van der Waals surface area contributed by atoms with Crippen molar-refractivity contribution in [2.24, 2.45) is 5.73 Å². The molecular formula is C45H76NO9P. The van der Waals surface area contributed by atoms with E-state index in [1.807, 2.05) is 18.2 Å². The first-order valence-corrected chi connectivity index (χ1v) is 22.3. The van der Waals surface area contributed by atoms with Crippen LogP contribution in [0.4, 0.5) is 0 Å². The molecule has 0 saturated carbocycles. The summed E-state index contributed by atoms with van der Waals surface area (Å²) >= 11 is 0. The number of ether oxygens (including phenoxy) is 2. The molecule has 0 aliphatic heterocycles. The van der Waals surface area contributed by atoms with Crippen molar-refractivity contribution < 1.29 is 43.0 Å². The summed E-state index contributed by atoms with van der Waals surface area (Å²) in [6, 6.07) is 0. The summed E-state index contributed by atoms with van der Waals surface area (Å²) in [5, 5.41) is 7.75. The Morgan fingerprint density at radius 2 is 0.893 bits per heavy atom. The van der Waals surface area contributed by atoms with Crippen LogP contribution in [0.25, 0.3) is 0 Å². The van der Waals surface area contributed by atoms with Crippen molar-refractivity contribution in [2.75, 3.05) is 26.4 Å². The van der Waals surface area contributed by atoms with Crippen molar-refractivity contribution in [3.8, 4) is 0 Å². The Balaban J connectivity index is 0. The number of unbranched alkanes of at least 4 members (excludes halogenated alkanes) is 8. The molecule has 56 heavy (non-hydrogen) atoms. The Kier molecular flexibility index (Phi) is 43.8. The summed E-state index contributed by atoms with van der Waals surface area (Å²) < 4.78 is 26.2. The Labute approximate surface area is 339 Å². The molecule has 0 aliphatic rings. The Morgan fingerprint density at radius 1 is 0.554 bits per heavy atom. The maximum atomic E-state index is 12.4. The number of carbonyl (C=O) groups is 2. The van der Waals surface area contributed by atoms with Crippen molar-refractivity contribution in [1.82, 2.24) is 0 Å². The molecule has 11 heteroatoms. The molecule has 0 fully saturated rings. The maximum absolute atomic E-state index is 12.4. The van der Waals surface area contributed by atoms with Gasteiger partial charge in [0.25, 0.3) is 0 Å². The van der Waals surface area contributed by atoms with Gasteiger partial charge in [0, 0.05) is 19.4 Å².